The molecule has 1 fully saturated rings. The van der Waals surface area contributed by atoms with Crippen LogP contribution >= 0.6 is 0 Å². The van der Waals surface area contributed by atoms with E-state index in [0.29, 0.717) is 12.6 Å². The second-order valence-electron chi connectivity index (χ2n) is 4.87. The fraction of sp³-hybridized carbons (Fsp3) is 0.500. The summed E-state index contributed by atoms with van der Waals surface area (Å²) >= 11 is 0. The number of aromatic nitrogens is 1. The molecule has 102 valence electrons. The molecule has 19 heavy (non-hydrogen) atoms. The van der Waals surface area contributed by atoms with Crippen molar-refractivity contribution in [2.45, 2.75) is 25.4 Å². The van der Waals surface area contributed by atoms with Crippen LogP contribution in [0.1, 0.15) is 30.4 Å². The third kappa shape index (κ3) is 3.05. The van der Waals surface area contributed by atoms with Crippen LogP contribution in [0.4, 0.5) is 0 Å². The zero-order valence-corrected chi connectivity index (χ0v) is 10.9. The molecule has 0 amide bonds. The molecule has 0 bridgehead atoms. The first kappa shape index (κ1) is 12.4. The van der Waals surface area contributed by atoms with Gasteiger partial charge in [-0.25, -0.2) is 4.98 Å². The zero-order chi connectivity index (χ0) is 12.9. The lowest BCUT2D eigenvalue weighted by Gasteiger charge is -2.25. The molecule has 0 radical (unpaired) electrons. The average Bonchev–Trinajstić information content (AvgIpc) is 3.15. The number of hydrogen-bond donors (Lipinski definition) is 1. The molecule has 1 saturated heterocycles. The Balaban J connectivity index is 1.59. The molecule has 5 heteroatoms. The highest BCUT2D eigenvalue weighted by atomic mass is 16.3. The highest BCUT2D eigenvalue weighted by Crippen LogP contribution is 2.24. The fourth-order valence-corrected chi connectivity index (χ4v) is 2.61. The molecule has 2 aromatic heterocycles. The summed E-state index contributed by atoms with van der Waals surface area (Å²) in [5.74, 6) is 1.89. The third-order valence-electron chi connectivity index (χ3n) is 3.57. The molecule has 1 unspecified atom stereocenters. The summed E-state index contributed by atoms with van der Waals surface area (Å²) in [5.41, 5.74) is 0. The second-order valence-corrected chi connectivity index (χ2v) is 4.87. The molecule has 5 nitrogen and oxygen atoms in total. The van der Waals surface area contributed by atoms with Gasteiger partial charge in [0.15, 0.2) is 6.39 Å². The molecule has 0 aliphatic carbocycles. The lowest BCUT2D eigenvalue weighted by Crippen LogP contribution is -2.33. The van der Waals surface area contributed by atoms with Crippen molar-refractivity contribution >= 4 is 0 Å². The summed E-state index contributed by atoms with van der Waals surface area (Å²) in [7, 11) is 0. The minimum absolute atomic E-state index is 0.306. The van der Waals surface area contributed by atoms with Crippen molar-refractivity contribution in [1.82, 2.24) is 15.2 Å². The van der Waals surface area contributed by atoms with Gasteiger partial charge in [-0.15, -0.1) is 0 Å². The van der Waals surface area contributed by atoms with Crippen molar-refractivity contribution in [1.29, 1.82) is 0 Å². The maximum Gasteiger partial charge on any atom is 0.180 e. The first-order chi connectivity index (χ1) is 9.43. The van der Waals surface area contributed by atoms with Crippen LogP contribution in [0.3, 0.4) is 0 Å². The Morgan fingerprint density at radius 2 is 2.21 bits per heavy atom. The molecule has 1 aliphatic heterocycles. The zero-order valence-electron chi connectivity index (χ0n) is 10.9. The predicted molar refractivity (Wildman–Crippen MR) is 70.5 cm³/mol. The topological polar surface area (TPSA) is 54.4 Å². The second kappa shape index (κ2) is 6.04. The monoisotopic (exact) mass is 261 g/mol. The Morgan fingerprint density at radius 1 is 1.32 bits per heavy atom. The summed E-state index contributed by atoms with van der Waals surface area (Å²) in [5, 5.41) is 3.42. The fourth-order valence-electron chi connectivity index (χ4n) is 2.61. The molecule has 1 aliphatic rings. The molecular formula is C14H19N3O2. The van der Waals surface area contributed by atoms with Crippen LogP contribution in [-0.4, -0.2) is 29.5 Å². The quantitative estimate of drug-likeness (QED) is 0.864. The molecular weight excluding hydrogens is 242 g/mol. The van der Waals surface area contributed by atoms with Crippen molar-refractivity contribution in [3.8, 4) is 0 Å². The number of nitrogens with zero attached hydrogens (tertiary/aromatic N) is 2. The van der Waals surface area contributed by atoms with E-state index in [1.807, 2.05) is 6.07 Å². The Kier molecular flexibility index (Phi) is 3.95. The maximum atomic E-state index is 5.58. The average molecular weight is 261 g/mol. The van der Waals surface area contributed by atoms with Crippen LogP contribution in [0, 0.1) is 0 Å². The molecule has 1 N–H and O–H groups in total. The van der Waals surface area contributed by atoms with Crippen molar-refractivity contribution < 1.29 is 8.83 Å². The van der Waals surface area contributed by atoms with Gasteiger partial charge < -0.3 is 14.2 Å². The van der Waals surface area contributed by atoms with Gasteiger partial charge in [-0.1, -0.05) is 0 Å². The number of furan rings is 1. The molecule has 1 atom stereocenters. The van der Waals surface area contributed by atoms with Gasteiger partial charge in [0.1, 0.15) is 11.5 Å². The molecule has 0 spiro atoms. The van der Waals surface area contributed by atoms with Gasteiger partial charge in [0.05, 0.1) is 25.0 Å². The van der Waals surface area contributed by atoms with Crippen molar-refractivity contribution in [3.63, 3.8) is 0 Å². The standard InChI is InChI=1S/C14H19N3O2/c1-2-6-17(5-1)13(14-4-3-7-18-14)10-15-8-12-9-16-11-19-12/h3-4,7,9,11,13,15H,1-2,5-6,8,10H2. The van der Waals surface area contributed by atoms with Gasteiger partial charge in [-0.3, -0.25) is 4.90 Å². The Morgan fingerprint density at radius 3 is 2.89 bits per heavy atom. The minimum atomic E-state index is 0.306. The van der Waals surface area contributed by atoms with Gasteiger partial charge in [0.25, 0.3) is 0 Å². The van der Waals surface area contributed by atoms with Crippen LogP contribution in [0.5, 0.6) is 0 Å². The predicted octanol–water partition coefficient (Wildman–Crippen LogP) is 2.19. The summed E-state index contributed by atoms with van der Waals surface area (Å²) in [4.78, 5) is 6.39. The van der Waals surface area contributed by atoms with Gasteiger partial charge in [0.2, 0.25) is 0 Å². The number of likely N-dealkylation sites (tertiary alicyclic amines) is 1. The minimum Gasteiger partial charge on any atom is -0.468 e. The Bertz CT molecular complexity index is 461. The van der Waals surface area contributed by atoms with Crippen LogP contribution in [0.25, 0.3) is 0 Å². The smallest absolute Gasteiger partial charge is 0.180 e. The lowest BCUT2D eigenvalue weighted by atomic mass is 10.2. The van der Waals surface area contributed by atoms with Crippen LogP contribution in [-0.2, 0) is 6.54 Å². The van der Waals surface area contributed by atoms with Crippen molar-refractivity contribution in [2.75, 3.05) is 19.6 Å². The van der Waals surface area contributed by atoms with Gasteiger partial charge in [-0.2, -0.15) is 0 Å². The highest BCUT2D eigenvalue weighted by molar-refractivity contribution is 5.06. The van der Waals surface area contributed by atoms with E-state index in [1.54, 1.807) is 12.5 Å². The summed E-state index contributed by atoms with van der Waals surface area (Å²) in [6.45, 7) is 3.85. The largest absolute Gasteiger partial charge is 0.468 e. The first-order valence-corrected chi connectivity index (χ1v) is 6.79. The molecule has 3 rings (SSSR count). The molecule has 2 aromatic rings. The van der Waals surface area contributed by atoms with E-state index in [1.165, 1.54) is 19.2 Å². The van der Waals surface area contributed by atoms with E-state index in [-0.39, 0.29) is 0 Å². The van der Waals surface area contributed by atoms with E-state index in [0.717, 1.165) is 31.2 Å². The van der Waals surface area contributed by atoms with Crippen LogP contribution < -0.4 is 5.32 Å². The van der Waals surface area contributed by atoms with Gasteiger partial charge >= 0.3 is 0 Å². The van der Waals surface area contributed by atoms with E-state index < -0.39 is 0 Å². The third-order valence-corrected chi connectivity index (χ3v) is 3.57. The van der Waals surface area contributed by atoms with E-state index in [9.17, 15) is 0 Å². The first-order valence-electron chi connectivity index (χ1n) is 6.79. The summed E-state index contributed by atoms with van der Waals surface area (Å²) in [6.07, 6.45) is 7.50. The molecule has 0 aromatic carbocycles. The highest BCUT2D eigenvalue weighted by Gasteiger charge is 2.25. The van der Waals surface area contributed by atoms with Crippen LogP contribution in [0.2, 0.25) is 0 Å². The van der Waals surface area contributed by atoms with E-state index >= 15 is 0 Å². The van der Waals surface area contributed by atoms with Gasteiger partial charge in [-0.05, 0) is 38.1 Å². The Hall–Kier alpha value is -1.59. The van der Waals surface area contributed by atoms with Crippen molar-refractivity contribution in [2.24, 2.45) is 0 Å². The van der Waals surface area contributed by atoms with E-state index in [4.69, 9.17) is 8.83 Å². The number of nitrogens with one attached hydrogen (secondary N) is 1. The molecule has 3 heterocycles. The number of rotatable bonds is 6. The normalized spacial score (nSPS) is 17.9. The van der Waals surface area contributed by atoms with Crippen LogP contribution in [0.15, 0.2) is 39.8 Å². The summed E-state index contributed by atoms with van der Waals surface area (Å²) < 4.78 is 10.8. The maximum absolute atomic E-state index is 5.58. The lowest BCUT2D eigenvalue weighted by molar-refractivity contribution is 0.208. The number of oxazole rings is 1. The SMILES string of the molecule is c1coc(C(CNCc2cnco2)N2CCCC2)c1. The van der Waals surface area contributed by atoms with Crippen molar-refractivity contribution in [3.05, 3.63) is 42.5 Å². The number of hydrogen-bond acceptors (Lipinski definition) is 5. The van der Waals surface area contributed by atoms with E-state index in [2.05, 4.69) is 21.3 Å². The Labute approximate surface area is 112 Å². The molecule has 0 saturated carbocycles. The van der Waals surface area contributed by atoms with Gasteiger partial charge in [0, 0.05) is 6.54 Å². The summed E-state index contributed by atoms with van der Waals surface area (Å²) in [6, 6.07) is 4.31.